The third-order valence-electron chi connectivity index (χ3n) is 6.25. The Morgan fingerprint density at radius 3 is 2.56 bits per heavy atom. The topological polar surface area (TPSA) is 70.6 Å². The van der Waals surface area contributed by atoms with Crippen LogP contribution in [-0.2, 0) is 4.74 Å². The first-order chi connectivity index (χ1) is 15.1. The number of morpholine rings is 1. The van der Waals surface area contributed by atoms with E-state index >= 15 is 0 Å². The average molecular weight is 562 g/mol. The maximum atomic E-state index is 5.58. The Kier molecular flexibility index (Phi) is 11.8. The van der Waals surface area contributed by atoms with Crippen LogP contribution < -0.4 is 20.1 Å². The molecule has 0 radical (unpaired) electrons. The number of methoxy groups -OCH3 is 2. The van der Waals surface area contributed by atoms with Crippen molar-refractivity contribution in [2.75, 3.05) is 80.8 Å². The van der Waals surface area contributed by atoms with Gasteiger partial charge in [0.25, 0.3) is 0 Å². The van der Waals surface area contributed by atoms with E-state index < -0.39 is 0 Å². The molecule has 2 aliphatic heterocycles. The number of piperidine rings is 1. The van der Waals surface area contributed by atoms with Crippen LogP contribution in [0.25, 0.3) is 0 Å². The summed E-state index contributed by atoms with van der Waals surface area (Å²) < 4.78 is 16.6. The van der Waals surface area contributed by atoms with E-state index in [2.05, 4.69) is 44.6 Å². The highest BCUT2D eigenvalue weighted by Gasteiger charge is 2.24. The Balaban J connectivity index is 0.00000363. The summed E-state index contributed by atoms with van der Waals surface area (Å²) in [6.07, 6.45) is 2.55. The van der Waals surface area contributed by atoms with Gasteiger partial charge in [-0.25, -0.2) is 0 Å². The summed E-state index contributed by atoms with van der Waals surface area (Å²) in [7, 11) is 7.38. The Bertz CT molecular complexity index is 715. The highest BCUT2D eigenvalue weighted by Crippen LogP contribution is 2.32. The molecule has 2 unspecified atom stereocenters. The third kappa shape index (κ3) is 7.64. The molecule has 1 aromatic rings. The van der Waals surface area contributed by atoms with E-state index in [4.69, 9.17) is 14.2 Å². The minimum absolute atomic E-state index is 0. The molecule has 0 spiro atoms. The normalized spacial score (nSPS) is 21.4. The first kappa shape index (κ1) is 26.9. The summed E-state index contributed by atoms with van der Waals surface area (Å²) in [5.74, 6) is 3.02. The smallest absolute Gasteiger partial charge is 0.191 e. The molecule has 0 saturated carbocycles. The van der Waals surface area contributed by atoms with Crippen LogP contribution in [0.2, 0.25) is 0 Å². The number of hydrogen-bond donors (Lipinski definition) is 2. The Hall–Kier alpha value is -1.30. The summed E-state index contributed by atoms with van der Waals surface area (Å²) in [5, 5.41) is 7.09. The van der Waals surface area contributed by atoms with Gasteiger partial charge in [0, 0.05) is 39.8 Å². The van der Waals surface area contributed by atoms with E-state index in [1.807, 2.05) is 13.1 Å². The number of aliphatic imine (C=N–C) groups is 1. The van der Waals surface area contributed by atoms with Crippen LogP contribution in [0.5, 0.6) is 11.5 Å². The van der Waals surface area contributed by atoms with Crippen molar-refractivity contribution in [1.29, 1.82) is 0 Å². The van der Waals surface area contributed by atoms with Crippen molar-refractivity contribution in [2.45, 2.75) is 18.9 Å². The lowest BCUT2D eigenvalue weighted by Crippen LogP contribution is -2.47. The lowest BCUT2D eigenvalue weighted by molar-refractivity contribution is 0.0169. The SMILES string of the molecule is CN=C(NCC1CCCN(C)C1)NCC(c1ccc(OC)c(OC)c1)N1CCOCC1.I. The molecule has 2 heterocycles. The van der Waals surface area contributed by atoms with Gasteiger partial charge in [0.05, 0.1) is 33.5 Å². The summed E-state index contributed by atoms with van der Waals surface area (Å²) in [6.45, 7) is 7.37. The number of rotatable bonds is 8. The molecular weight excluding hydrogens is 521 g/mol. The molecule has 2 aliphatic rings. The van der Waals surface area contributed by atoms with Gasteiger partial charge < -0.3 is 29.7 Å². The monoisotopic (exact) mass is 561 g/mol. The Morgan fingerprint density at radius 2 is 1.91 bits per heavy atom. The van der Waals surface area contributed by atoms with Crippen LogP contribution in [0.4, 0.5) is 0 Å². The maximum absolute atomic E-state index is 5.58. The number of likely N-dealkylation sites (tertiary alicyclic amines) is 1. The number of benzene rings is 1. The fraction of sp³-hybridized carbons (Fsp3) is 0.696. The predicted molar refractivity (Wildman–Crippen MR) is 140 cm³/mol. The molecule has 2 atom stereocenters. The molecule has 2 saturated heterocycles. The molecule has 0 aliphatic carbocycles. The Morgan fingerprint density at radius 1 is 1.16 bits per heavy atom. The van der Waals surface area contributed by atoms with E-state index in [-0.39, 0.29) is 30.0 Å². The highest BCUT2D eigenvalue weighted by molar-refractivity contribution is 14.0. The van der Waals surface area contributed by atoms with E-state index in [9.17, 15) is 0 Å². The van der Waals surface area contributed by atoms with E-state index in [0.717, 1.165) is 63.4 Å². The summed E-state index contributed by atoms with van der Waals surface area (Å²) in [6, 6.07) is 6.36. The zero-order valence-electron chi connectivity index (χ0n) is 19.9. The molecule has 1 aromatic carbocycles. The summed E-state index contributed by atoms with van der Waals surface area (Å²) in [5.41, 5.74) is 1.19. The van der Waals surface area contributed by atoms with Crippen molar-refractivity contribution >= 4 is 29.9 Å². The van der Waals surface area contributed by atoms with Gasteiger partial charge in [0.2, 0.25) is 0 Å². The molecule has 32 heavy (non-hydrogen) atoms. The van der Waals surface area contributed by atoms with Crippen LogP contribution in [-0.4, -0.2) is 96.6 Å². The molecule has 2 fully saturated rings. The lowest BCUT2D eigenvalue weighted by Gasteiger charge is -2.35. The zero-order chi connectivity index (χ0) is 22.1. The van der Waals surface area contributed by atoms with Crippen LogP contribution in [0, 0.1) is 5.92 Å². The second-order valence-electron chi connectivity index (χ2n) is 8.38. The van der Waals surface area contributed by atoms with Gasteiger partial charge in [-0.1, -0.05) is 6.07 Å². The maximum Gasteiger partial charge on any atom is 0.191 e. The van der Waals surface area contributed by atoms with Gasteiger partial charge in [-0.05, 0) is 50.0 Å². The van der Waals surface area contributed by atoms with Crippen molar-refractivity contribution in [2.24, 2.45) is 10.9 Å². The van der Waals surface area contributed by atoms with Gasteiger partial charge in [0.15, 0.2) is 17.5 Å². The standard InChI is InChI=1S/C23H39N5O3.HI/c1-24-23(25-15-18-6-5-9-27(2)17-18)26-16-20(28-10-12-31-13-11-28)19-7-8-21(29-3)22(14-19)30-4;/h7-8,14,18,20H,5-6,9-13,15-17H2,1-4H3,(H2,24,25,26);1H. The average Bonchev–Trinajstić information content (AvgIpc) is 2.81. The second-order valence-corrected chi connectivity index (χ2v) is 8.38. The first-order valence-electron chi connectivity index (χ1n) is 11.3. The number of hydrogen-bond acceptors (Lipinski definition) is 6. The minimum Gasteiger partial charge on any atom is -0.493 e. The number of nitrogens with one attached hydrogen (secondary N) is 2. The van der Waals surface area contributed by atoms with Crippen molar-refractivity contribution < 1.29 is 14.2 Å². The van der Waals surface area contributed by atoms with Crippen LogP contribution in [0.15, 0.2) is 23.2 Å². The molecule has 0 bridgehead atoms. The molecule has 0 aromatic heterocycles. The van der Waals surface area contributed by atoms with Crippen molar-refractivity contribution in [1.82, 2.24) is 20.4 Å². The molecule has 9 heteroatoms. The van der Waals surface area contributed by atoms with E-state index in [0.29, 0.717) is 5.92 Å². The number of ether oxygens (including phenoxy) is 3. The quantitative estimate of drug-likeness (QED) is 0.287. The van der Waals surface area contributed by atoms with Gasteiger partial charge in [0.1, 0.15) is 0 Å². The number of guanidine groups is 1. The fourth-order valence-corrected chi connectivity index (χ4v) is 4.50. The highest BCUT2D eigenvalue weighted by atomic mass is 127. The van der Waals surface area contributed by atoms with Crippen LogP contribution in [0.3, 0.4) is 0 Å². The molecular formula is C23H40IN5O3. The number of nitrogens with zero attached hydrogens (tertiary/aromatic N) is 3. The third-order valence-corrected chi connectivity index (χ3v) is 6.25. The molecule has 0 amide bonds. The zero-order valence-corrected chi connectivity index (χ0v) is 22.3. The second kappa shape index (κ2) is 14.1. The van der Waals surface area contributed by atoms with Crippen molar-refractivity contribution in [3.63, 3.8) is 0 Å². The minimum atomic E-state index is 0. The largest absolute Gasteiger partial charge is 0.493 e. The van der Waals surface area contributed by atoms with Gasteiger partial charge in [-0.15, -0.1) is 24.0 Å². The van der Waals surface area contributed by atoms with E-state index in [1.54, 1.807) is 14.2 Å². The van der Waals surface area contributed by atoms with Crippen molar-refractivity contribution in [3.05, 3.63) is 23.8 Å². The van der Waals surface area contributed by atoms with Gasteiger partial charge in [-0.2, -0.15) is 0 Å². The van der Waals surface area contributed by atoms with Crippen LogP contribution in [0.1, 0.15) is 24.4 Å². The van der Waals surface area contributed by atoms with Gasteiger partial charge >= 0.3 is 0 Å². The lowest BCUT2D eigenvalue weighted by atomic mass is 9.98. The molecule has 182 valence electrons. The summed E-state index contributed by atoms with van der Waals surface area (Å²) >= 11 is 0. The van der Waals surface area contributed by atoms with Crippen molar-refractivity contribution in [3.8, 4) is 11.5 Å². The van der Waals surface area contributed by atoms with Gasteiger partial charge in [-0.3, -0.25) is 9.89 Å². The summed E-state index contributed by atoms with van der Waals surface area (Å²) in [4.78, 5) is 9.33. The molecule has 3 rings (SSSR count). The Labute approximate surface area is 210 Å². The number of halogens is 1. The fourth-order valence-electron chi connectivity index (χ4n) is 4.50. The van der Waals surface area contributed by atoms with E-state index in [1.165, 1.54) is 24.9 Å². The molecule has 8 nitrogen and oxygen atoms in total. The predicted octanol–water partition coefficient (Wildman–Crippen LogP) is 2.20. The molecule has 2 N–H and O–H groups in total. The first-order valence-corrected chi connectivity index (χ1v) is 11.3. The van der Waals surface area contributed by atoms with Crippen LogP contribution >= 0.6 is 24.0 Å².